The largest absolute Gasteiger partial charge is 0.496 e. The molecule has 23 heavy (non-hydrogen) atoms. The van der Waals surface area contributed by atoms with Gasteiger partial charge in [-0.1, -0.05) is 24.3 Å². The summed E-state index contributed by atoms with van der Waals surface area (Å²) in [5.74, 6) is 0.331. The molecule has 0 unspecified atom stereocenters. The van der Waals surface area contributed by atoms with Gasteiger partial charge in [-0.05, 0) is 36.2 Å². The number of ether oxygens (including phenoxy) is 1. The highest BCUT2D eigenvalue weighted by Crippen LogP contribution is 2.17. The van der Waals surface area contributed by atoms with Crippen LogP contribution < -0.4 is 10.1 Å². The van der Waals surface area contributed by atoms with Gasteiger partial charge in [-0.25, -0.2) is 8.42 Å². The van der Waals surface area contributed by atoms with Crippen LogP contribution in [-0.2, 0) is 16.3 Å². The van der Waals surface area contributed by atoms with Crippen molar-refractivity contribution in [3.63, 3.8) is 0 Å². The van der Waals surface area contributed by atoms with Crippen molar-refractivity contribution >= 4 is 15.7 Å². The fourth-order valence-electron chi connectivity index (χ4n) is 2.15. The number of para-hydroxylation sites is 1. The maximum absolute atomic E-state index is 12.1. The van der Waals surface area contributed by atoms with Crippen molar-refractivity contribution in [1.82, 2.24) is 5.32 Å². The first-order chi connectivity index (χ1) is 10.9. The van der Waals surface area contributed by atoms with Gasteiger partial charge in [0.1, 0.15) is 5.75 Å². The molecule has 2 aromatic carbocycles. The van der Waals surface area contributed by atoms with E-state index in [-0.39, 0.29) is 5.91 Å². The van der Waals surface area contributed by atoms with Crippen LogP contribution >= 0.6 is 0 Å². The maximum atomic E-state index is 12.1. The Morgan fingerprint density at radius 1 is 1.09 bits per heavy atom. The summed E-state index contributed by atoms with van der Waals surface area (Å²) in [4.78, 5) is 12.4. The number of carbonyl (C=O) groups excluding carboxylic acids is 1. The molecular formula is C17H19NO4S. The molecule has 0 atom stereocenters. The highest BCUT2D eigenvalue weighted by atomic mass is 32.2. The molecule has 1 amide bonds. The number of hydrogen-bond acceptors (Lipinski definition) is 4. The van der Waals surface area contributed by atoms with Gasteiger partial charge >= 0.3 is 0 Å². The quantitative estimate of drug-likeness (QED) is 0.878. The second-order valence-corrected chi connectivity index (χ2v) is 7.14. The number of amides is 1. The lowest BCUT2D eigenvalue weighted by atomic mass is 10.1. The Morgan fingerprint density at radius 2 is 1.74 bits per heavy atom. The summed E-state index contributed by atoms with van der Waals surface area (Å²) in [6, 6.07) is 13.7. The molecule has 0 aliphatic heterocycles. The topological polar surface area (TPSA) is 72.5 Å². The van der Waals surface area contributed by atoms with E-state index in [2.05, 4.69) is 5.32 Å². The van der Waals surface area contributed by atoms with E-state index in [4.69, 9.17) is 4.74 Å². The lowest BCUT2D eigenvalue weighted by Crippen LogP contribution is -2.26. The monoisotopic (exact) mass is 333 g/mol. The van der Waals surface area contributed by atoms with Crippen LogP contribution in [0.5, 0.6) is 5.75 Å². The summed E-state index contributed by atoms with van der Waals surface area (Å²) in [6.45, 7) is 0.453. The standard InChI is InChI=1S/C17H19NO4S/c1-22-16-6-4-3-5-15(16)17(19)18-12-11-13-7-9-14(10-8-13)23(2,20)21/h3-10H,11-12H2,1-2H3,(H,18,19). The molecule has 2 aromatic rings. The normalized spacial score (nSPS) is 11.0. The van der Waals surface area contributed by atoms with Gasteiger partial charge in [-0.15, -0.1) is 0 Å². The van der Waals surface area contributed by atoms with Crippen molar-refractivity contribution in [2.45, 2.75) is 11.3 Å². The summed E-state index contributed by atoms with van der Waals surface area (Å²) < 4.78 is 28.0. The Hall–Kier alpha value is -2.34. The first-order valence-corrected chi connectivity index (χ1v) is 9.01. The van der Waals surface area contributed by atoms with Gasteiger partial charge in [0, 0.05) is 12.8 Å². The van der Waals surface area contributed by atoms with Crippen LogP contribution in [0.3, 0.4) is 0 Å². The minimum Gasteiger partial charge on any atom is -0.496 e. The Bertz CT molecular complexity index is 782. The van der Waals surface area contributed by atoms with Crippen molar-refractivity contribution in [3.05, 3.63) is 59.7 Å². The molecule has 6 heteroatoms. The molecule has 2 rings (SSSR count). The van der Waals surface area contributed by atoms with Crippen LogP contribution in [0.2, 0.25) is 0 Å². The fraction of sp³-hybridized carbons (Fsp3) is 0.235. The number of benzene rings is 2. The third kappa shape index (κ3) is 4.56. The lowest BCUT2D eigenvalue weighted by Gasteiger charge is -2.09. The average Bonchev–Trinajstić information content (AvgIpc) is 2.54. The number of methoxy groups -OCH3 is 1. The molecule has 122 valence electrons. The minimum atomic E-state index is -3.18. The van der Waals surface area contributed by atoms with E-state index in [1.54, 1.807) is 48.5 Å². The van der Waals surface area contributed by atoms with Crippen LogP contribution in [0, 0.1) is 0 Å². The van der Waals surface area contributed by atoms with Crippen molar-refractivity contribution in [1.29, 1.82) is 0 Å². The van der Waals surface area contributed by atoms with Crippen LogP contribution in [0.25, 0.3) is 0 Å². The number of nitrogens with one attached hydrogen (secondary N) is 1. The fourth-order valence-corrected chi connectivity index (χ4v) is 2.78. The van der Waals surface area contributed by atoms with E-state index in [0.29, 0.717) is 29.2 Å². The van der Waals surface area contributed by atoms with Gasteiger partial charge in [-0.2, -0.15) is 0 Å². The average molecular weight is 333 g/mol. The zero-order chi connectivity index (χ0) is 16.9. The summed E-state index contributed by atoms with van der Waals surface area (Å²) >= 11 is 0. The Balaban J connectivity index is 1.93. The Morgan fingerprint density at radius 3 is 2.35 bits per heavy atom. The van der Waals surface area contributed by atoms with Crippen LogP contribution in [0.15, 0.2) is 53.4 Å². The maximum Gasteiger partial charge on any atom is 0.255 e. The molecule has 1 N–H and O–H groups in total. The molecule has 0 spiro atoms. The first kappa shape index (κ1) is 17.0. The third-order valence-corrected chi connectivity index (χ3v) is 4.53. The summed E-state index contributed by atoms with van der Waals surface area (Å²) in [5.41, 5.74) is 1.44. The molecule has 0 aliphatic rings. The van der Waals surface area contributed by atoms with E-state index >= 15 is 0 Å². The van der Waals surface area contributed by atoms with Crippen LogP contribution in [-0.4, -0.2) is 34.2 Å². The van der Waals surface area contributed by atoms with Gasteiger partial charge in [0.25, 0.3) is 5.91 Å². The van der Waals surface area contributed by atoms with E-state index in [1.807, 2.05) is 0 Å². The molecule has 0 aromatic heterocycles. The van der Waals surface area contributed by atoms with Gasteiger partial charge < -0.3 is 10.1 Å². The van der Waals surface area contributed by atoms with Crippen molar-refractivity contribution in [3.8, 4) is 5.75 Å². The number of carbonyl (C=O) groups is 1. The van der Waals surface area contributed by atoms with E-state index < -0.39 is 9.84 Å². The summed E-state index contributed by atoms with van der Waals surface area (Å²) in [5, 5.41) is 2.83. The van der Waals surface area contributed by atoms with Crippen molar-refractivity contribution < 1.29 is 17.9 Å². The molecule has 0 heterocycles. The molecule has 0 radical (unpaired) electrons. The molecule has 5 nitrogen and oxygen atoms in total. The van der Waals surface area contributed by atoms with Crippen molar-refractivity contribution in [2.75, 3.05) is 19.9 Å². The Kier molecular flexibility index (Phi) is 5.39. The zero-order valence-corrected chi connectivity index (χ0v) is 13.9. The summed E-state index contributed by atoms with van der Waals surface area (Å²) in [6.07, 6.45) is 1.79. The molecule has 0 bridgehead atoms. The molecule has 0 saturated heterocycles. The van der Waals surface area contributed by atoms with E-state index in [1.165, 1.54) is 13.4 Å². The van der Waals surface area contributed by atoms with Gasteiger partial charge in [-0.3, -0.25) is 4.79 Å². The van der Waals surface area contributed by atoms with E-state index in [9.17, 15) is 13.2 Å². The highest BCUT2D eigenvalue weighted by molar-refractivity contribution is 7.90. The molecule has 0 aliphatic carbocycles. The lowest BCUT2D eigenvalue weighted by molar-refractivity contribution is 0.0951. The van der Waals surface area contributed by atoms with Gasteiger partial charge in [0.05, 0.1) is 17.6 Å². The number of hydrogen-bond donors (Lipinski definition) is 1. The molecule has 0 fully saturated rings. The first-order valence-electron chi connectivity index (χ1n) is 7.12. The van der Waals surface area contributed by atoms with Gasteiger partial charge in [0.15, 0.2) is 9.84 Å². The smallest absolute Gasteiger partial charge is 0.255 e. The number of rotatable bonds is 6. The molecule has 0 saturated carbocycles. The predicted molar refractivity (Wildman–Crippen MR) is 88.6 cm³/mol. The Labute approximate surface area is 136 Å². The highest BCUT2D eigenvalue weighted by Gasteiger charge is 2.11. The molecular weight excluding hydrogens is 314 g/mol. The van der Waals surface area contributed by atoms with Crippen molar-refractivity contribution in [2.24, 2.45) is 0 Å². The number of sulfone groups is 1. The zero-order valence-electron chi connectivity index (χ0n) is 13.1. The second-order valence-electron chi connectivity index (χ2n) is 5.12. The minimum absolute atomic E-state index is 0.199. The third-order valence-electron chi connectivity index (χ3n) is 3.40. The van der Waals surface area contributed by atoms with Crippen LogP contribution in [0.4, 0.5) is 0 Å². The SMILES string of the molecule is COc1ccccc1C(=O)NCCc1ccc(S(C)(=O)=O)cc1. The van der Waals surface area contributed by atoms with Gasteiger partial charge in [0.2, 0.25) is 0 Å². The second kappa shape index (κ2) is 7.28. The predicted octanol–water partition coefficient (Wildman–Crippen LogP) is 2.07. The summed E-state index contributed by atoms with van der Waals surface area (Å²) in [7, 11) is -1.66. The van der Waals surface area contributed by atoms with Crippen LogP contribution in [0.1, 0.15) is 15.9 Å². The van der Waals surface area contributed by atoms with E-state index in [0.717, 1.165) is 5.56 Å².